The van der Waals surface area contributed by atoms with E-state index in [9.17, 15) is 14.4 Å². The first-order valence-corrected chi connectivity index (χ1v) is 6.06. The summed E-state index contributed by atoms with van der Waals surface area (Å²) in [4.78, 5) is 35.1. The normalized spacial score (nSPS) is 14.5. The van der Waals surface area contributed by atoms with E-state index in [0.29, 0.717) is 15.7 Å². The van der Waals surface area contributed by atoms with Gasteiger partial charge in [0.25, 0.3) is 5.91 Å². The van der Waals surface area contributed by atoms with E-state index in [-0.39, 0.29) is 13.1 Å². The molecule has 1 heterocycles. The summed E-state index contributed by atoms with van der Waals surface area (Å²) in [6.07, 6.45) is 0. The second kappa shape index (κ2) is 5.46. The van der Waals surface area contributed by atoms with Crippen LogP contribution < -0.4 is 10.6 Å². The van der Waals surface area contributed by atoms with Gasteiger partial charge in [-0.2, -0.15) is 0 Å². The number of hydrogen-bond acceptors (Lipinski definition) is 3. The molecular formula is C11H9Cl2N3O3. The van der Waals surface area contributed by atoms with Crippen molar-refractivity contribution < 1.29 is 14.4 Å². The Hall–Kier alpha value is -1.79. The molecule has 0 radical (unpaired) electrons. The Morgan fingerprint density at radius 1 is 1.32 bits per heavy atom. The molecule has 0 bridgehead atoms. The lowest BCUT2D eigenvalue weighted by molar-refractivity contribution is -0.128. The smallest absolute Gasteiger partial charge is 0.325 e. The van der Waals surface area contributed by atoms with Crippen LogP contribution in [0.4, 0.5) is 10.5 Å². The molecule has 2 rings (SSSR count). The van der Waals surface area contributed by atoms with Gasteiger partial charge in [-0.3, -0.25) is 14.5 Å². The number of nitrogens with zero attached hydrogens (tertiary/aromatic N) is 1. The lowest BCUT2D eigenvalue weighted by Gasteiger charge is -2.12. The number of urea groups is 1. The van der Waals surface area contributed by atoms with E-state index in [1.165, 1.54) is 12.1 Å². The first kappa shape index (κ1) is 13.6. The Morgan fingerprint density at radius 3 is 2.63 bits per heavy atom. The highest BCUT2D eigenvalue weighted by Gasteiger charge is 2.30. The number of carbonyl (C=O) groups is 3. The van der Waals surface area contributed by atoms with Gasteiger partial charge in [-0.15, -0.1) is 0 Å². The molecule has 6 nitrogen and oxygen atoms in total. The molecule has 0 unspecified atom stereocenters. The number of hydrogen-bond donors (Lipinski definition) is 2. The molecule has 1 aromatic carbocycles. The van der Waals surface area contributed by atoms with Gasteiger partial charge in [-0.25, -0.2) is 4.79 Å². The van der Waals surface area contributed by atoms with E-state index in [0.717, 1.165) is 4.90 Å². The quantitative estimate of drug-likeness (QED) is 0.830. The molecule has 1 aliphatic rings. The summed E-state index contributed by atoms with van der Waals surface area (Å²) in [5, 5.41) is 5.52. The molecule has 4 amide bonds. The zero-order chi connectivity index (χ0) is 14.0. The van der Waals surface area contributed by atoms with Gasteiger partial charge < -0.3 is 10.6 Å². The minimum Gasteiger partial charge on any atom is -0.329 e. The summed E-state index contributed by atoms with van der Waals surface area (Å²) in [6, 6.07) is 4.01. The molecule has 1 aromatic rings. The maximum atomic E-state index is 11.7. The predicted octanol–water partition coefficient (Wildman–Crippen LogP) is 1.48. The fourth-order valence-corrected chi connectivity index (χ4v) is 1.83. The van der Waals surface area contributed by atoms with Gasteiger partial charge in [0.1, 0.15) is 6.54 Å². The van der Waals surface area contributed by atoms with E-state index in [1.54, 1.807) is 6.07 Å². The number of benzene rings is 1. The van der Waals surface area contributed by atoms with E-state index < -0.39 is 17.8 Å². The molecule has 2 N–H and O–H groups in total. The third-order valence-corrected chi connectivity index (χ3v) is 3.18. The maximum absolute atomic E-state index is 11.7. The van der Waals surface area contributed by atoms with Crippen LogP contribution in [0, 0.1) is 0 Å². The summed E-state index contributed by atoms with van der Waals surface area (Å²) in [6.45, 7) is -0.427. The number of anilines is 1. The highest BCUT2D eigenvalue weighted by atomic mass is 35.5. The van der Waals surface area contributed by atoms with Crippen LogP contribution in [-0.4, -0.2) is 35.8 Å². The SMILES string of the molecule is O=C(CN1C(=O)CNC1=O)Nc1ccc(Cl)c(Cl)c1. The molecule has 1 fully saturated rings. The number of carbonyl (C=O) groups excluding carboxylic acids is 3. The highest BCUT2D eigenvalue weighted by Crippen LogP contribution is 2.24. The van der Waals surface area contributed by atoms with Crippen LogP contribution in [0.15, 0.2) is 18.2 Å². The van der Waals surface area contributed by atoms with Gasteiger partial charge in [0.15, 0.2) is 0 Å². The first-order chi connectivity index (χ1) is 8.97. The van der Waals surface area contributed by atoms with Crippen LogP contribution in [0.25, 0.3) is 0 Å². The van der Waals surface area contributed by atoms with Crippen molar-refractivity contribution in [2.45, 2.75) is 0 Å². The van der Waals surface area contributed by atoms with Crippen LogP contribution in [0.3, 0.4) is 0 Å². The maximum Gasteiger partial charge on any atom is 0.325 e. The second-order valence-electron chi connectivity index (χ2n) is 3.82. The Morgan fingerprint density at radius 2 is 2.05 bits per heavy atom. The fraction of sp³-hybridized carbons (Fsp3) is 0.182. The number of nitrogens with one attached hydrogen (secondary N) is 2. The topological polar surface area (TPSA) is 78.5 Å². The highest BCUT2D eigenvalue weighted by molar-refractivity contribution is 6.42. The predicted molar refractivity (Wildman–Crippen MR) is 70.2 cm³/mol. The Kier molecular flexibility index (Phi) is 3.92. The van der Waals surface area contributed by atoms with Crippen molar-refractivity contribution in [1.82, 2.24) is 10.2 Å². The number of halogens is 2. The largest absolute Gasteiger partial charge is 0.329 e. The number of imide groups is 1. The summed E-state index contributed by atoms with van der Waals surface area (Å²) in [7, 11) is 0. The van der Waals surface area contributed by atoms with Gasteiger partial charge in [-0.1, -0.05) is 23.2 Å². The van der Waals surface area contributed by atoms with Crippen LogP contribution in [0.1, 0.15) is 0 Å². The lowest BCUT2D eigenvalue weighted by Crippen LogP contribution is -2.38. The van der Waals surface area contributed by atoms with E-state index >= 15 is 0 Å². The van der Waals surface area contributed by atoms with E-state index in [1.807, 2.05) is 0 Å². The van der Waals surface area contributed by atoms with E-state index in [2.05, 4.69) is 10.6 Å². The van der Waals surface area contributed by atoms with Crippen molar-refractivity contribution in [3.05, 3.63) is 28.2 Å². The zero-order valence-electron chi connectivity index (χ0n) is 9.57. The molecule has 1 aliphatic heterocycles. The fourth-order valence-electron chi connectivity index (χ4n) is 1.53. The van der Waals surface area contributed by atoms with Gasteiger partial charge in [0.05, 0.1) is 16.6 Å². The third kappa shape index (κ3) is 3.15. The Labute approximate surface area is 118 Å². The van der Waals surface area contributed by atoms with Crippen LogP contribution in [0.5, 0.6) is 0 Å². The molecule has 100 valence electrons. The zero-order valence-corrected chi connectivity index (χ0v) is 11.1. The molecule has 8 heteroatoms. The number of rotatable bonds is 3. The molecule has 0 atom stereocenters. The molecular weight excluding hydrogens is 293 g/mol. The van der Waals surface area contributed by atoms with Crippen molar-refractivity contribution in [2.75, 3.05) is 18.4 Å². The monoisotopic (exact) mass is 301 g/mol. The van der Waals surface area contributed by atoms with Crippen LogP contribution >= 0.6 is 23.2 Å². The molecule has 0 aromatic heterocycles. The molecule has 19 heavy (non-hydrogen) atoms. The van der Waals surface area contributed by atoms with Crippen molar-refractivity contribution >= 4 is 46.7 Å². The summed E-state index contributed by atoms with van der Waals surface area (Å²) < 4.78 is 0. The van der Waals surface area contributed by atoms with Gasteiger partial charge in [0.2, 0.25) is 5.91 Å². The van der Waals surface area contributed by atoms with Gasteiger partial charge >= 0.3 is 6.03 Å². The molecule has 0 spiro atoms. The van der Waals surface area contributed by atoms with Crippen molar-refractivity contribution in [3.63, 3.8) is 0 Å². The second-order valence-corrected chi connectivity index (χ2v) is 4.63. The number of amides is 4. The first-order valence-electron chi connectivity index (χ1n) is 5.30. The molecule has 0 saturated carbocycles. The minimum atomic E-state index is -0.575. The standard InChI is InChI=1S/C11H9Cl2N3O3/c12-7-2-1-6(3-8(7)13)15-9(17)5-16-10(18)4-14-11(16)19/h1-3H,4-5H2,(H,14,19)(H,15,17). The third-order valence-electron chi connectivity index (χ3n) is 2.44. The average molecular weight is 302 g/mol. The average Bonchev–Trinajstić information content (AvgIpc) is 2.66. The lowest BCUT2D eigenvalue weighted by atomic mass is 10.3. The molecule has 1 saturated heterocycles. The Balaban J connectivity index is 1.99. The van der Waals surface area contributed by atoms with Crippen molar-refractivity contribution in [3.8, 4) is 0 Å². The van der Waals surface area contributed by atoms with Gasteiger partial charge in [0, 0.05) is 5.69 Å². The summed E-state index contributed by atoms with van der Waals surface area (Å²) in [5.41, 5.74) is 0.437. The summed E-state index contributed by atoms with van der Waals surface area (Å²) >= 11 is 11.5. The van der Waals surface area contributed by atoms with Crippen LogP contribution in [0.2, 0.25) is 10.0 Å². The molecule has 0 aliphatic carbocycles. The Bertz CT molecular complexity index is 546. The van der Waals surface area contributed by atoms with E-state index in [4.69, 9.17) is 23.2 Å². The minimum absolute atomic E-state index is 0.0844. The van der Waals surface area contributed by atoms with Crippen molar-refractivity contribution in [1.29, 1.82) is 0 Å². The van der Waals surface area contributed by atoms with Crippen molar-refractivity contribution in [2.24, 2.45) is 0 Å². The van der Waals surface area contributed by atoms with Gasteiger partial charge in [-0.05, 0) is 18.2 Å². The van der Waals surface area contributed by atoms with Crippen LogP contribution in [-0.2, 0) is 9.59 Å². The summed E-state index contributed by atoms with van der Waals surface area (Å²) in [5.74, 6) is -0.932.